The van der Waals surface area contributed by atoms with Crippen molar-refractivity contribution in [3.05, 3.63) is 0 Å². The third-order valence-electron chi connectivity index (χ3n) is 18.2. The van der Waals surface area contributed by atoms with Crippen molar-refractivity contribution in [2.24, 2.45) is 10.8 Å². The Hall–Kier alpha value is -3.79. The van der Waals surface area contributed by atoms with Gasteiger partial charge in [0.15, 0.2) is 0 Å². The lowest BCUT2D eigenvalue weighted by atomic mass is 9.74. The first kappa shape index (κ1) is 67.3. The van der Waals surface area contributed by atoms with Gasteiger partial charge in [-0.05, 0) is 140 Å². The Morgan fingerprint density at radius 3 is 1.15 bits per heavy atom. The summed E-state index contributed by atoms with van der Waals surface area (Å²) in [4.78, 5) is 94.7. The zero-order valence-corrected chi connectivity index (χ0v) is 49.5. The number of likely N-dealkylation sites (N-methyl/N-ethyl adjacent to an activating group) is 3. The van der Waals surface area contributed by atoms with Gasteiger partial charge in [0.2, 0.25) is 5.91 Å². The van der Waals surface area contributed by atoms with Gasteiger partial charge in [0, 0.05) is 59.5 Å². The van der Waals surface area contributed by atoms with Gasteiger partial charge in [0.25, 0.3) is 11.8 Å². The summed E-state index contributed by atoms with van der Waals surface area (Å²) >= 11 is 0. The molecule has 16 heteroatoms. The molecule has 3 heterocycles. The van der Waals surface area contributed by atoms with E-state index < -0.39 is 17.0 Å². The van der Waals surface area contributed by atoms with Gasteiger partial charge >= 0.3 is 24.1 Å². The largest absolute Gasteiger partial charge is 0.481 e. The second kappa shape index (κ2) is 34.9. The summed E-state index contributed by atoms with van der Waals surface area (Å²) in [6.07, 6.45) is 26.1. The molecule has 0 radical (unpaired) electrons. The van der Waals surface area contributed by atoms with Gasteiger partial charge in [-0.15, -0.1) is 0 Å². The normalized spacial score (nSPS) is 15.9. The second-order valence-corrected chi connectivity index (χ2v) is 22.1. The number of hydrogen-bond acceptors (Lipinski definition) is 9. The molecule has 0 bridgehead atoms. The minimum atomic E-state index is -0.685. The molecule has 9 amide bonds. The van der Waals surface area contributed by atoms with Crippen LogP contribution in [0, 0.1) is 10.8 Å². The Kier molecular flexibility index (Phi) is 31.3. The van der Waals surface area contributed by atoms with Crippen LogP contribution < -0.4 is 0 Å². The van der Waals surface area contributed by atoms with Crippen molar-refractivity contribution < 1.29 is 48.1 Å². The van der Waals surface area contributed by atoms with Crippen molar-refractivity contribution in [3.8, 4) is 0 Å². The monoisotopic (exact) mass is 1060 g/mol. The molecule has 3 rings (SSSR count). The molecule has 0 aromatic rings. The van der Waals surface area contributed by atoms with Crippen LogP contribution in [0.15, 0.2) is 0 Å². The number of amides is 9. The molecule has 0 aliphatic carbocycles. The Labute approximate surface area is 455 Å². The van der Waals surface area contributed by atoms with Gasteiger partial charge in [-0.25, -0.2) is 14.4 Å². The fourth-order valence-corrected chi connectivity index (χ4v) is 12.1. The minimum Gasteiger partial charge on any atom is -0.481 e. The Bertz CT molecular complexity index is 1730. The highest BCUT2D eigenvalue weighted by Gasteiger charge is 2.48. The lowest BCUT2D eigenvalue weighted by Gasteiger charge is -2.39. The molecular formula is C59H108N6O10. The molecule has 0 aromatic heterocycles. The van der Waals surface area contributed by atoms with E-state index in [0.717, 1.165) is 129 Å². The molecule has 3 fully saturated rings. The molecule has 3 aliphatic rings. The molecule has 0 aromatic carbocycles. The van der Waals surface area contributed by atoms with Crippen LogP contribution in [0.4, 0.5) is 14.4 Å². The maximum absolute atomic E-state index is 12.8. The zero-order chi connectivity index (χ0) is 56.1. The lowest BCUT2D eigenvalue weighted by Crippen LogP contribution is -2.51. The lowest BCUT2D eigenvalue weighted by molar-refractivity contribution is -0.137. The van der Waals surface area contributed by atoms with Crippen LogP contribution >= 0.6 is 0 Å². The van der Waals surface area contributed by atoms with E-state index in [9.17, 15) is 33.6 Å². The van der Waals surface area contributed by atoms with Crippen molar-refractivity contribution in [1.82, 2.24) is 29.4 Å². The predicted octanol–water partition coefficient (Wildman–Crippen LogP) is 12.7. The number of hydrogen-bond donors (Lipinski definition) is 1. The highest BCUT2D eigenvalue weighted by atomic mass is 16.5. The zero-order valence-electron chi connectivity index (χ0n) is 49.5. The van der Waals surface area contributed by atoms with Gasteiger partial charge in [-0.1, -0.05) is 107 Å². The van der Waals surface area contributed by atoms with Crippen LogP contribution in [-0.2, 0) is 28.7 Å². The summed E-state index contributed by atoms with van der Waals surface area (Å²) in [5, 5.41) is 8.87. The van der Waals surface area contributed by atoms with E-state index in [0.29, 0.717) is 43.7 Å². The average Bonchev–Trinajstić information content (AvgIpc) is 3.98. The van der Waals surface area contributed by atoms with E-state index in [4.69, 9.17) is 14.6 Å². The summed E-state index contributed by atoms with van der Waals surface area (Å²) in [5.74, 6) is -0.921. The molecule has 3 saturated heterocycles. The van der Waals surface area contributed by atoms with Crippen molar-refractivity contribution in [3.63, 3.8) is 0 Å². The van der Waals surface area contributed by atoms with Crippen LogP contribution in [0.3, 0.4) is 0 Å². The first-order valence-corrected chi connectivity index (χ1v) is 30.0. The van der Waals surface area contributed by atoms with Crippen molar-refractivity contribution in [2.75, 3.05) is 72.7 Å². The standard InChI is InChI=1S/C32H60N2O5.C27H48N4O5/c1-6-31(7-2,20-12-11-19-29(36)37)22-14-17-25-39-26-18-15-23-32(8-3,9-4)21-13-16-24-34-28(35)27-33(10-5)30(34)38;1-7-26(8-2,30-22(32)20-28(6)24(30)34)16-12-14-18-36-19-15-13-17-27(9-3,10-4)31-23(33)21-29(11-5)25(31)35/h6-27H2,1-5H3,(H,36,37);7-21H2,1-6H3. The average molecular weight is 1060 g/mol. The van der Waals surface area contributed by atoms with E-state index in [1.165, 1.54) is 71.0 Å². The van der Waals surface area contributed by atoms with Crippen molar-refractivity contribution in [2.45, 2.75) is 254 Å². The summed E-state index contributed by atoms with van der Waals surface area (Å²) in [6.45, 7) is 26.4. The van der Waals surface area contributed by atoms with Crippen LogP contribution in [-0.4, -0.2) is 160 Å². The Balaban J connectivity index is 0.000000515. The highest BCUT2D eigenvalue weighted by molar-refractivity contribution is 6.03. The number of rotatable bonds is 42. The number of carboxylic acids is 1. The number of urea groups is 3. The van der Waals surface area contributed by atoms with E-state index in [1.807, 2.05) is 13.8 Å². The highest BCUT2D eigenvalue weighted by Crippen LogP contribution is 2.40. The number of nitrogens with zero attached hydrogens (tertiary/aromatic N) is 6. The number of carboxylic acid groups (broad SMARTS) is 1. The van der Waals surface area contributed by atoms with Crippen LogP contribution in [0.1, 0.15) is 243 Å². The molecule has 1 N–H and O–H groups in total. The molecule has 0 saturated carbocycles. The summed E-state index contributed by atoms with van der Waals surface area (Å²) in [5.41, 5.74) is -0.124. The topological polar surface area (TPSA) is 178 Å². The first-order valence-electron chi connectivity index (χ1n) is 30.0. The quantitative estimate of drug-likeness (QED) is 0.0457. The summed E-state index contributed by atoms with van der Waals surface area (Å²) in [7, 11) is 1.68. The third kappa shape index (κ3) is 19.9. The number of unbranched alkanes of at least 4 members (excludes halogenated alkanes) is 6. The maximum Gasteiger partial charge on any atom is 0.327 e. The minimum absolute atomic E-state index is 0.0536. The number of aliphatic carboxylic acids is 1. The summed E-state index contributed by atoms with van der Waals surface area (Å²) in [6, 6.07) is -0.459. The van der Waals surface area contributed by atoms with Crippen LogP contribution in [0.2, 0.25) is 0 Å². The predicted molar refractivity (Wildman–Crippen MR) is 298 cm³/mol. The van der Waals surface area contributed by atoms with Gasteiger partial charge < -0.3 is 29.3 Å². The Morgan fingerprint density at radius 2 is 0.800 bits per heavy atom. The van der Waals surface area contributed by atoms with Gasteiger partial charge in [0.1, 0.15) is 19.6 Å². The molecule has 16 nitrogen and oxygen atoms in total. The molecule has 75 heavy (non-hydrogen) atoms. The van der Waals surface area contributed by atoms with Crippen molar-refractivity contribution in [1.29, 1.82) is 0 Å². The van der Waals surface area contributed by atoms with E-state index in [-0.39, 0.29) is 61.9 Å². The van der Waals surface area contributed by atoms with Gasteiger partial charge in [0.05, 0.1) is 11.1 Å². The molecular weight excluding hydrogens is 953 g/mol. The first-order chi connectivity index (χ1) is 35.9. The van der Waals surface area contributed by atoms with E-state index >= 15 is 0 Å². The third-order valence-corrected chi connectivity index (χ3v) is 18.2. The number of carbonyl (C=O) groups excluding carboxylic acids is 6. The molecule has 0 atom stereocenters. The maximum atomic E-state index is 12.8. The molecule has 0 spiro atoms. The SMILES string of the molecule is CCN1CC(=O)N(C(CC)(CC)CCCCOCCCCC(CC)(CC)N2C(=O)CN(C)C2=O)C1=O.CCN1CC(=O)N(CCCCC(CC)(CC)CCCCOCCCCC(CC)(CC)CCCCC(=O)O)C1=O. The number of carbonyl (C=O) groups is 7. The molecule has 434 valence electrons. The van der Waals surface area contributed by atoms with Crippen LogP contribution in [0.5, 0.6) is 0 Å². The van der Waals surface area contributed by atoms with E-state index in [1.54, 1.807) is 16.8 Å². The number of ether oxygens (including phenoxy) is 2. The summed E-state index contributed by atoms with van der Waals surface area (Å²) < 4.78 is 11.9. The fourth-order valence-electron chi connectivity index (χ4n) is 12.1. The molecule has 0 unspecified atom stereocenters. The molecule has 3 aliphatic heterocycles. The number of imide groups is 3. The van der Waals surface area contributed by atoms with E-state index in [2.05, 4.69) is 55.4 Å². The van der Waals surface area contributed by atoms with Crippen LogP contribution in [0.25, 0.3) is 0 Å². The van der Waals surface area contributed by atoms with Crippen molar-refractivity contribution >= 4 is 41.8 Å². The fraction of sp³-hybridized carbons (Fsp3) is 0.881. The smallest absolute Gasteiger partial charge is 0.327 e. The van der Waals surface area contributed by atoms with Gasteiger partial charge in [-0.2, -0.15) is 0 Å². The Morgan fingerprint density at radius 1 is 0.440 bits per heavy atom. The second-order valence-electron chi connectivity index (χ2n) is 22.1. The van der Waals surface area contributed by atoms with Gasteiger partial charge in [-0.3, -0.25) is 33.9 Å².